The van der Waals surface area contributed by atoms with Crippen molar-refractivity contribution in [1.29, 1.82) is 0 Å². The van der Waals surface area contributed by atoms with Crippen molar-refractivity contribution in [2.24, 2.45) is 0 Å². The lowest BCUT2D eigenvalue weighted by Crippen LogP contribution is -2.25. The van der Waals surface area contributed by atoms with Crippen LogP contribution in [-0.2, 0) is 9.47 Å². The quantitative estimate of drug-likeness (QED) is 0.704. The fourth-order valence-electron chi connectivity index (χ4n) is 1.03. The van der Waals surface area contributed by atoms with Crippen molar-refractivity contribution in [2.45, 2.75) is 24.7 Å². The summed E-state index contributed by atoms with van der Waals surface area (Å²) < 4.78 is 11.0. The minimum Gasteiger partial charge on any atom is -0.367 e. The Labute approximate surface area is 82.8 Å². The first kappa shape index (κ1) is 10.7. The van der Waals surface area contributed by atoms with Gasteiger partial charge in [0.2, 0.25) is 0 Å². The van der Waals surface area contributed by atoms with E-state index in [0.29, 0.717) is 10.9 Å². The molecule has 4 heteroatoms. The Bertz CT molecular complexity index is 99.6. The molecule has 2 atom stereocenters. The molecule has 0 bridgehead atoms. The zero-order chi connectivity index (χ0) is 8.81. The van der Waals surface area contributed by atoms with Gasteiger partial charge in [-0.3, -0.25) is 0 Å². The molecule has 1 saturated heterocycles. The molecule has 0 N–H and O–H groups in total. The first-order valence-electron chi connectivity index (χ1n) is 4.33. The molecule has 0 aromatic carbocycles. The van der Waals surface area contributed by atoms with E-state index in [1.807, 2.05) is 37.4 Å². The van der Waals surface area contributed by atoms with Crippen molar-refractivity contribution in [1.82, 2.24) is 0 Å². The van der Waals surface area contributed by atoms with E-state index in [1.165, 1.54) is 0 Å². The fraction of sp³-hybridized carbons (Fsp3) is 1.00. The fourth-order valence-corrected chi connectivity index (χ4v) is 3.67. The van der Waals surface area contributed by atoms with Crippen LogP contribution in [0.1, 0.15) is 13.8 Å². The van der Waals surface area contributed by atoms with Gasteiger partial charge in [0, 0.05) is 24.7 Å². The van der Waals surface area contributed by atoms with Gasteiger partial charge in [0.15, 0.2) is 0 Å². The molecule has 1 rings (SSSR count). The molecule has 1 aliphatic rings. The van der Waals surface area contributed by atoms with E-state index >= 15 is 0 Å². The third kappa shape index (κ3) is 3.56. The first-order valence-corrected chi connectivity index (χ1v) is 6.43. The number of rotatable bonds is 4. The predicted molar refractivity (Wildman–Crippen MR) is 55.7 cm³/mol. The van der Waals surface area contributed by atoms with Crippen molar-refractivity contribution < 1.29 is 9.47 Å². The standard InChI is InChI=1S/C8H16O2S2/c1-3-9-7-5-12-8(6-11-7)10-4-2/h7-8H,3-6H2,1-2H3. The molecule has 72 valence electrons. The topological polar surface area (TPSA) is 18.5 Å². The van der Waals surface area contributed by atoms with Gasteiger partial charge in [-0.15, -0.1) is 23.5 Å². The van der Waals surface area contributed by atoms with Crippen molar-refractivity contribution in [3.63, 3.8) is 0 Å². The number of ether oxygens (including phenoxy) is 2. The summed E-state index contributed by atoms with van der Waals surface area (Å²) in [5.74, 6) is 2.12. The Morgan fingerprint density at radius 2 is 1.42 bits per heavy atom. The summed E-state index contributed by atoms with van der Waals surface area (Å²) in [6, 6.07) is 0. The van der Waals surface area contributed by atoms with Crippen molar-refractivity contribution >= 4 is 23.5 Å². The number of hydrogen-bond donors (Lipinski definition) is 0. The Morgan fingerprint density at radius 1 is 1.00 bits per heavy atom. The minimum absolute atomic E-state index is 0.386. The van der Waals surface area contributed by atoms with E-state index < -0.39 is 0 Å². The zero-order valence-electron chi connectivity index (χ0n) is 7.62. The molecule has 0 amide bonds. The van der Waals surface area contributed by atoms with Crippen LogP contribution in [0.25, 0.3) is 0 Å². The Morgan fingerprint density at radius 3 is 1.67 bits per heavy atom. The lowest BCUT2D eigenvalue weighted by Gasteiger charge is -2.26. The van der Waals surface area contributed by atoms with Gasteiger partial charge in [-0.2, -0.15) is 0 Å². The maximum Gasteiger partial charge on any atom is 0.112 e. The Hall–Kier alpha value is 0.620. The molecule has 2 unspecified atom stereocenters. The van der Waals surface area contributed by atoms with Crippen LogP contribution < -0.4 is 0 Å². The van der Waals surface area contributed by atoms with Crippen LogP contribution in [0.3, 0.4) is 0 Å². The van der Waals surface area contributed by atoms with Gasteiger partial charge in [0.1, 0.15) is 10.9 Å². The summed E-state index contributed by atoms with van der Waals surface area (Å²) >= 11 is 3.74. The van der Waals surface area contributed by atoms with Crippen molar-refractivity contribution in [3.05, 3.63) is 0 Å². The molecule has 0 aromatic heterocycles. The van der Waals surface area contributed by atoms with E-state index in [2.05, 4.69) is 0 Å². The zero-order valence-corrected chi connectivity index (χ0v) is 9.25. The molecule has 1 aliphatic heterocycles. The lowest BCUT2D eigenvalue weighted by atomic mass is 10.7. The van der Waals surface area contributed by atoms with Crippen LogP contribution in [0.4, 0.5) is 0 Å². The third-order valence-electron chi connectivity index (χ3n) is 1.54. The molecule has 0 radical (unpaired) electrons. The van der Waals surface area contributed by atoms with Gasteiger partial charge >= 0.3 is 0 Å². The summed E-state index contributed by atoms with van der Waals surface area (Å²) in [6.07, 6.45) is 0. The highest BCUT2D eigenvalue weighted by molar-refractivity contribution is 8.06. The summed E-state index contributed by atoms with van der Waals surface area (Å²) in [7, 11) is 0. The van der Waals surface area contributed by atoms with Crippen LogP contribution in [-0.4, -0.2) is 35.6 Å². The maximum atomic E-state index is 5.50. The molecule has 2 nitrogen and oxygen atoms in total. The van der Waals surface area contributed by atoms with E-state index in [9.17, 15) is 0 Å². The second-order valence-corrected chi connectivity index (χ2v) is 4.82. The molecule has 12 heavy (non-hydrogen) atoms. The molecule has 0 spiro atoms. The van der Waals surface area contributed by atoms with Gasteiger partial charge in [0.25, 0.3) is 0 Å². The van der Waals surface area contributed by atoms with Crippen molar-refractivity contribution in [3.8, 4) is 0 Å². The van der Waals surface area contributed by atoms with Gasteiger partial charge in [-0.05, 0) is 13.8 Å². The van der Waals surface area contributed by atoms with E-state index in [0.717, 1.165) is 24.7 Å². The molecule has 1 fully saturated rings. The van der Waals surface area contributed by atoms with Gasteiger partial charge in [0.05, 0.1) is 0 Å². The van der Waals surface area contributed by atoms with E-state index in [-0.39, 0.29) is 0 Å². The molecular formula is C8H16O2S2. The monoisotopic (exact) mass is 208 g/mol. The smallest absolute Gasteiger partial charge is 0.112 e. The van der Waals surface area contributed by atoms with Crippen LogP contribution in [0, 0.1) is 0 Å². The van der Waals surface area contributed by atoms with Crippen LogP contribution in [0.5, 0.6) is 0 Å². The first-order chi connectivity index (χ1) is 5.86. The molecule has 0 aromatic rings. The van der Waals surface area contributed by atoms with Crippen LogP contribution in [0.2, 0.25) is 0 Å². The highest BCUT2D eigenvalue weighted by atomic mass is 32.2. The predicted octanol–water partition coefficient (Wildman–Crippen LogP) is 2.19. The van der Waals surface area contributed by atoms with E-state index in [4.69, 9.17) is 9.47 Å². The van der Waals surface area contributed by atoms with E-state index in [1.54, 1.807) is 0 Å². The van der Waals surface area contributed by atoms with Crippen LogP contribution in [0.15, 0.2) is 0 Å². The minimum atomic E-state index is 0.386. The van der Waals surface area contributed by atoms with Crippen molar-refractivity contribution in [2.75, 3.05) is 24.7 Å². The Kier molecular flexibility index (Phi) is 5.47. The average Bonchev–Trinajstić information content (AvgIpc) is 2.09. The van der Waals surface area contributed by atoms with Gasteiger partial charge in [-0.1, -0.05) is 0 Å². The van der Waals surface area contributed by atoms with Crippen LogP contribution >= 0.6 is 23.5 Å². The number of hydrogen-bond acceptors (Lipinski definition) is 4. The molecular weight excluding hydrogens is 192 g/mol. The molecule has 1 heterocycles. The number of thioether (sulfide) groups is 2. The summed E-state index contributed by atoms with van der Waals surface area (Å²) in [5.41, 5.74) is 0.772. The summed E-state index contributed by atoms with van der Waals surface area (Å²) in [4.78, 5) is 0. The third-order valence-corrected chi connectivity index (χ3v) is 4.30. The Balaban J connectivity index is 2.11. The largest absolute Gasteiger partial charge is 0.367 e. The highest BCUT2D eigenvalue weighted by Crippen LogP contribution is 2.30. The second kappa shape index (κ2) is 6.13. The lowest BCUT2D eigenvalue weighted by molar-refractivity contribution is 0.123. The molecule has 0 saturated carbocycles. The average molecular weight is 208 g/mol. The second-order valence-electron chi connectivity index (χ2n) is 2.44. The summed E-state index contributed by atoms with van der Waals surface area (Å²) in [6.45, 7) is 5.72. The van der Waals surface area contributed by atoms with Gasteiger partial charge in [-0.25, -0.2) is 0 Å². The summed E-state index contributed by atoms with van der Waals surface area (Å²) in [5, 5.41) is 0. The van der Waals surface area contributed by atoms with Gasteiger partial charge < -0.3 is 9.47 Å². The highest BCUT2D eigenvalue weighted by Gasteiger charge is 2.21. The SMILES string of the molecule is CCOC1CSC(OCC)CS1. The molecule has 0 aliphatic carbocycles. The maximum absolute atomic E-state index is 5.50. The normalized spacial score (nSPS) is 30.5.